The molecule has 19 heavy (non-hydrogen) atoms. The molecular formula is C14H22N2O3. The van der Waals surface area contributed by atoms with Gasteiger partial charge in [0, 0.05) is 11.8 Å². The molecule has 0 bridgehead atoms. The van der Waals surface area contributed by atoms with Crippen LogP contribution in [0.5, 0.6) is 5.75 Å². The Morgan fingerprint density at radius 2 is 2.21 bits per heavy atom. The number of hydrogen-bond donors (Lipinski definition) is 3. The number of ether oxygens (including phenoxy) is 1. The normalized spacial score (nSPS) is 12.8. The summed E-state index contributed by atoms with van der Waals surface area (Å²) in [6.45, 7) is 5.46. The number of benzene rings is 1. The van der Waals surface area contributed by atoms with Crippen molar-refractivity contribution >= 4 is 11.6 Å². The molecule has 0 saturated heterocycles. The second-order valence-corrected chi connectivity index (χ2v) is 5.12. The minimum absolute atomic E-state index is 0.158. The fourth-order valence-electron chi connectivity index (χ4n) is 1.39. The van der Waals surface area contributed by atoms with E-state index >= 15 is 0 Å². The molecule has 0 spiro atoms. The Morgan fingerprint density at radius 3 is 2.79 bits per heavy atom. The van der Waals surface area contributed by atoms with Gasteiger partial charge in [-0.2, -0.15) is 0 Å². The summed E-state index contributed by atoms with van der Waals surface area (Å²) in [5.41, 5.74) is 5.60. The van der Waals surface area contributed by atoms with Crippen LogP contribution in [0, 0.1) is 0 Å². The average molecular weight is 266 g/mol. The number of hydrogen-bond acceptors (Lipinski definition) is 4. The van der Waals surface area contributed by atoms with E-state index in [-0.39, 0.29) is 18.9 Å². The minimum atomic E-state index is -0.645. The van der Waals surface area contributed by atoms with Gasteiger partial charge in [-0.15, -0.1) is 0 Å². The second-order valence-electron chi connectivity index (χ2n) is 5.12. The van der Waals surface area contributed by atoms with E-state index in [1.54, 1.807) is 45.0 Å². The Morgan fingerprint density at radius 1 is 1.53 bits per heavy atom. The minimum Gasteiger partial charge on any atom is -0.493 e. The number of anilines is 1. The Kier molecular flexibility index (Phi) is 5.18. The molecule has 5 nitrogen and oxygen atoms in total. The molecular weight excluding hydrogens is 244 g/mol. The summed E-state index contributed by atoms with van der Waals surface area (Å²) >= 11 is 0. The van der Waals surface area contributed by atoms with Crippen LogP contribution in [0.4, 0.5) is 5.69 Å². The summed E-state index contributed by atoms with van der Waals surface area (Å²) in [6, 6.07) is 7.05. The van der Waals surface area contributed by atoms with Crippen LogP contribution in [-0.4, -0.2) is 29.3 Å². The highest BCUT2D eigenvalue weighted by Gasteiger charge is 2.25. The number of nitrogens with one attached hydrogen (secondary N) is 1. The van der Waals surface area contributed by atoms with Crippen LogP contribution >= 0.6 is 0 Å². The molecule has 0 heterocycles. The molecule has 0 aliphatic heterocycles. The van der Waals surface area contributed by atoms with Crippen LogP contribution < -0.4 is 15.8 Å². The van der Waals surface area contributed by atoms with Crippen molar-refractivity contribution < 1.29 is 14.6 Å². The second kappa shape index (κ2) is 6.43. The molecule has 1 atom stereocenters. The Labute approximate surface area is 113 Å². The third-order valence-corrected chi connectivity index (χ3v) is 2.96. The van der Waals surface area contributed by atoms with Crippen molar-refractivity contribution in [1.29, 1.82) is 0 Å². The van der Waals surface area contributed by atoms with E-state index in [1.165, 1.54) is 0 Å². The maximum atomic E-state index is 11.7. The molecule has 1 unspecified atom stereocenters. The van der Waals surface area contributed by atoms with Gasteiger partial charge in [-0.05, 0) is 32.9 Å². The number of carbonyl (C=O) groups excluding carboxylic acids is 1. The summed E-state index contributed by atoms with van der Waals surface area (Å²) in [6.07, 6.45) is -0.392. The van der Waals surface area contributed by atoms with Crippen molar-refractivity contribution in [2.24, 2.45) is 0 Å². The van der Waals surface area contributed by atoms with E-state index in [1.807, 2.05) is 0 Å². The van der Waals surface area contributed by atoms with Gasteiger partial charge in [-0.3, -0.25) is 4.79 Å². The van der Waals surface area contributed by atoms with E-state index in [0.717, 1.165) is 0 Å². The van der Waals surface area contributed by atoms with Crippen LogP contribution in [-0.2, 0) is 4.79 Å². The molecule has 106 valence electrons. The van der Waals surface area contributed by atoms with Crippen LogP contribution in [0.2, 0.25) is 0 Å². The monoisotopic (exact) mass is 266 g/mol. The summed E-state index contributed by atoms with van der Waals surface area (Å²) in [5.74, 6) is 0.484. The van der Waals surface area contributed by atoms with Crippen LogP contribution in [0.3, 0.4) is 0 Å². The highest BCUT2D eigenvalue weighted by Crippen LogP contribution is 2.14. The van der Waals surface area contributed by atoms with Crippen molar-refractivity contribution in [2.75, 3.05) is 12.3 Å². The van der Waals surface area contributed by atoms with Gasteiger partial charge >= 0.3 is 0 Å². The van der Waals surface area contributed by atoms with E-state index in [4.69, 9.17) is 10.5 Å². The Balaban J connectivity index is 2.35. The molecule has 0 aliphatic rings. The largest absolute Gasteiger partial charge is 0.493 e. The highest BCUT2D eigenvalue weighted by atomic mass is 16.5. The number of nitrogens with two attached hydrogens (primary N) is 1. The van der Waals surface area contributed by atoms with Gasteiger partial charge < -0.3 is 20.9 Å². The number of carbonyl (C=O) groups is 1. The highest BCUT2D eigenvalue weighted by molar-refractivity contribution is 5.76. The molecule has 0 saturated carbocycles. The standard InChI is InChI=1S/C14H22N2O3/c1-10(17)14(2,3)16-13(18)7-8-19-12-6-4-5-11(15)9-12/h4-6,9-10,17H,7-8,15H2,1-3H3,(H,16,18). The van der Waals surface area contributed by atoms with E-state index in [2.05, 4.69) is 5.32 Å². The number of aliphatic hydroxyl groups is 1. The average Bonchev–Trinajstić information content (AvgIpc) is 2.28. The molecule has 0 aliphatic carbocycles. The van der Waals surface area contributed by atoms with Gasteiger partial charge in [0.05, 0.1) is 24.7 Å². The van der Waals surface area contributed by atoms with Crippen molar-refractivity contribution in [3.8, 4) is 5.75 Å². The number of amides is 1. The quantitative estimate of drug-likeness (QED) is 0.678. The van der Waals surface area contributed by atoms with Crippen molar-refractivity contribution in [1.82, 2.24) is 5.32 Å². The maximum Gasteiger partial charge on any atom is 0.223 e. The zero-order valence-electron chi connectivity index (χ0n) is 11.6. The lowest BCUT2D eigenvalue weighted by atomic mass is 9.99. The fraction of sp³-hybridized carbons (Fsp3) is 0.500. The molecule has 5 heteroatoms. The van der Waals surface area contributed by atoms with Gasteiger partial charge in [-0.25, -0.2) is 0 Å². The van der Waals surface area contributed by atoms with Gasteiger partial charge in [0.25, 0.3) is 0 Å². The maximum absolute atomic E-state index is 11.7. The zero-order chi connectivity index (χ0) is 14.5. The molecule has 0 radical (unpaired) electrons. The lowest BCUT2D eigenvalue weighted by Crippen LogP contribution is -2.51. The molecule has 4 N–H and O–H groups in total. The van der Waals surface area contributed by atoms with Gasteiger partial charge in [0.1, 0.15) is 5.75 Å². The van der Waals surface area contributed by atoms with E-state index in [9.17, 15) is 9.90 Å². The van der Waals surface area contributed by atoms with E-state index in [0.29, 0.717) is 11.4 Å². The predicted molar refractivity (Wildman–Crippen MR) is 74.9 cm³/mol. The number of rotatable bonds is 6. The molecule has 0 aromatic heterocycles. The first kappa shape index (κ1) is 15.3. The Bertz CT molecular complexity index is 430. The van der Waals surface area contributed by atoms with Gasteiger partial charge in [0.2, 0.25) is 5.91 Å². The van der Waals surface area contributed by atoms with Gasteiger partial charge in [0.15, 0.2) is 0 Å². The SMILES string of the molecule is CC(O)C(C)(C)NC(=O)CCOc1cccc(N)c1. The first-order chi connectivity index (χ1) is 8.81. The summed E-state index contributed by atoms with van der Waals surface area (Å²) in [7, 11) is 0. The summed E-state index contributed by atoms with van der Waals surface area (Å²) < 4.78 is 5.43. The van der Waals surface area contributed by atoms with Crippen LogP contribution in [0.15, 0.2) is 24.3 Å². The summed E-state index contributed by atoms with van der Waals surface area (Å²) in [4.78, 5) is 11.7. The third-order valence-electron chi connectivity index (χ3n) is 2.96. The molecule has 1 aromatic rings. The smallest absolute Gasteiger partial charge is 0.223 e. The lowest BCUT2D eigenvalue weighted by molar-refractivity contribution is -0.124. The van der Waals surface area contributed by atoms with Crippen LogP contribution in [0.25, 0.3) is 0 Å². The van der Waals surface area contributed by atoms with Crippen molar-refractivity contribution in [2.45, 2.75) is 38.8 Å². The zero-order valence-corrected chi connectivity index (χ0v) is 11.6. The summed E-state index contributed by atoms with van der Waals surface area (Å²) in [5, 5.41) is 12.3. The third kappa shape index (κ3) is 5.18. The first-order valence-electron chi connectivity index (χ1n) is 6.28. The van der Waals surface area contributed by atoms with Gasteiger partial charge in [-0.1, -0.05) is 6.07 Å². The fourth-order valence-corrected chi connectivity index (χ4v) is 1.39. The molecule has 1 aromatic carbocycles. The first-order valence-corrected chi connectivity index (χ1v) is 6.28. The van der Waals surface area contributed by atoms with Crippen LogP contribution in [0.1, 0.15) is 27.2 Å². The number of aliphatic hydroxyl groups excluding tert-OH is 1. The predicted octanol–water partition coefficient (Wildman–Crippen LogP) is 1.31. The molecule has 0 fully saturated rings. The van der Waals surface area contributed by atoms with E-state index < -0.39 is 11.6 Å². The van der Waals surface area contributed by atoms with Crippen molar-refractivity contribution in [3.63, 3.8) is 0 Å². The van der Waals surface area contributed by atoms with Crippen molar-refractivity contribution in [3.05, 3.63) is 24.3 Å². The molecule has 1 amide bonds. The number of nitrogen functional groups attached to an aromatic ring is 1. The molecule has 1 rings (SSSR count). The topological polar surface area (TPSA) is 84.6 Å². The Hall–Kier alpha value is -1.75. The lowest BCUT2D eigenvalue weighted by Gasteiger charge is -2.29.